The van der Waals surface area contributed by atoms with E-state index in [1.165, 1.54) is 13.2 Å². The largest absolute Gasteiger partial charge is 0.493 e. The summed E-state index contributed by atoms with van der Waals surface area (Å²) in [5.41, 5.74) is 2.35. The van der Waals surface area contributed by atoms with E-state index in [1.807, 2.05) is 49.4 Å². The Morgan fingerprint density at radius 2 is 1.85 bits per heavy atom. The van der Waals surface area contributed by atoms with Crippen molar-refractivity contribution >= 4 is 51.1 Å². The molecule has 0 saturated heterocycles. The van der Waals surface area contributed by atoms with Crippen LogP contribution in [0.25, 0.3) is 6.08 Å². The summed E-state index contributed by atoms with van der Waals surface area (Å²) in [5.74, 6) is 0.466. The predicted molar refractivity (Wildman–Crippen MR) is 138 cm³/mol. The van der Waals surface area contributed by atoms with Crippen molar-refractivity contribution in [2.75, 3.05) is 7.11 Å². The average Bonchev–Trinajstić information content (AvgIpc) is 2.84. The number of amides is 1. The van der Waals surface area contributed by atoms with E-state index in [2.05, 4.69) is 21.2 Å². The molecule has 0 aliphatic rings. The maximum atomic E-state index is 12.7. The van der Waals surface area contributed by atoms with Crippen molar-refractivity contribution in [3.8, 4) is 17.6 Å². The molecule has 0 aliphatic carbocycles. The Hall–Kier alpha value is -2.98. The van der Waals surface area contributed by atoms with Gasteiger partial charge in [-0.3, -0.25) is 4.79 Å². The van der Waals surface area contributed by atoms with Crippen LogP contribution in [-0.4, -0.2) is 13.0 Å². The summed E-state index contributed by atoms with van der Waals surface area (Å²) in [5, 5.41) is 13.4. The van der Waals surface area contributed by atoms with E-state index in [4.69, 9.17) is 32.7 Å². The highest BCUT2D eigenvalue weighted by molar-refractivity contribution is 9.10. The Balaban J connectivity index is 1.79. The Morgan fingerprint density at radius 3 is 2.50 bits per heavy atom. The SMILES string of the molecule is COc1cc(/C=C(/C#N)C(=O)N[C@@H](C)c2ccccc2)c(Br)cc1OCc1ccc(Cl)c(Cl)c1. The second-order valence-corrected chi connectivity index (χ2v) is 9.01. The van der Waals surface area contributed by atoms with Crippen LogP contribution in [0, 0.1) is 11.3 Å². The van der Waals surface area contributed by atoms with Crippen LogP contribution in [0.5, 0.6) is 11.5 Å². The van der Waals surface area contributed by atoms with Crippen molar-refractivity contribution in [3.05, 3.63) is 97.4 Å². The number of rotatable bonds is 8. The number of carbonyl (C=O) groups excluding carboxylic acids is 1. The van der Waals surface area contributed by atoms with Gasteiger partial charge in [0.2, 0.25) is 0 Å². The first-order valence-electron chi connectivity index (χ1n) is 10.2. The third-order valence-corrected chi connectivity index (χ3v) is 6.40. The average molecular weight is 560 g/mol. The van der Waals surface area contributed by atoms with Crippen LogP contribution in [0.3, 0.4) is 0 Å². The van der Waals surface area contributed by atoms with Gasteiger partial charge in [-0.05, 0) is 54.0 Å². The van der Waals surface area contributed by atoms with Gasteiger partial charge in [0, 0.05) is 4.47 Å². The van der Waals surface area contributed by atoms with Gasteiger partial charge in [0.15, 0.2) is 11.5 Å². The normalized spacial score (nSPS) is 11.9. The van der Waals surface area contributed by atoms with Crippen LogP contribution in [0.15, 0.2) is 70.7 Å². The minimum Gasteiger partial charge on any atom is -0.493 e. The molecular weight excluding hydrogens is 539 g/mol. The maximum Gasteiger partial charge on any atom is 0.262 e. The number of halogens is 3. The first-order chi connectivity index (χ1) is 16.3. The molecule has 0 saturated carbocycles. The summed E-state index contributed by atoms with van der Waals surface area (Å²) in [6.45, 7) is 2.11. The van der Waals surface area contributed by atoms with Crippen molar-refractivity contribution in [1.82, 2.24) is 5.32 Å². The van der Waals surface area contributed by atoms with E-state index in [-0.39, 0.29) is 18.2 Å². The van der Waals surface area contributed by atoms with E-state index in [1.54, 1.807) is 24.3 Å². The highest BCUT2D eigenvalue weighted by atomic mass is 79.9. The lowest BCUT2D eigenvalue weighted by atomic mass is 10.1. The molecule has 5 nitrogen and oxygen atoms in total. The Morgan fingerprint density at radius 1 is 1.12 bits per heavy atom. The van der Waals surface area contributed by atoms with Crippen LogP contribution < -0.4 is 14.8 Å². The molecule has 0 unspecified atom stereocenters. The topological polar surface area (TPSA) is 71.3 Å². The molecule has 1 amide bonds. The van der Waals surface area contributed by atoms with Crippen LogP contribution in [0.1, 0.15) is 29.7 Å². The lowest BCUT2D eigenvalue weighted by Gasteiger charge is -2.15. The number of benzene rings is 3. The summed E-state index contributed by atoms with van der Waals surface area (Å²) in [7, 11) is 1.52. The quantitative estimate of drug-likeness (QED) is 0.235. The maximum absolute atomic E-state index is 12.7. The zero-order chi connectivity index (χ0) is 24.7. The fraction of sp³-hybridized carbons (Fsp3) is 0.154. The molecule has 3 aromatic rings. The van der Waals surface area contributed by atoms with Crippen LogP contribution in [0.4, 0.5) is 0 Å². The van der Waals surface area contributed by atoms with Gasteiger partial charge in [0.05, 0.1) is 23.2 Å². The lowest BCUT2D eigenvalue weighted by Crippen LogP contribution is -2.27. The van der Waals surface area contributed by atoms with Gasteiger partial charge in [0.25, 0.3) is 5.91 Å². The third kappa shape index (κ3) is 6.54. The molecule has 0 aliphatic heterocycles. The second-order valence-electron chi connectivity index (χ2n) is 7.34. The monoisotopic (exact) mass is 558 g/mol. The summed E-state index contributed by atoms with van der Waals surface area (Å²) in [6.07, 6.45) is 1.50. The molecule has 8 heteroatoms. The molecule has 3 aromatic carbocycles. The molecule has 0 fully saturated rings. The van der Waals surface area contributed by atoms with Crippen molar-refractivity contribution in [2.24, 2.45) is 0 Å². The van der Waals surface area contributed by atoms with Gasteiger partial charge in [-0.2, -0.15) is 5.26 Å². The van der Waals surface area contributed by atoms with Gasteiger partial charge in [-0.1, -0.05) is 75.5 Å². The first kappa shape index (κ1) is 25.6. The number of hydrogen-bond donors (Lipinski definition) is 1. The number of ether oxygens (including phenoxy) is 2. The summed E-state index contributed by atoms with van der Waals surface area (Å²) in [6, 6.07) is 19.9. The Labute approximate surface area is 217 Å². The molecule has 1 N–H and O–H groups in total. The molecule has 174 valence electrons. The number of nitriles is 1. The highest BCUT2D eigenvalue weighted by Crippen LogP contribution is 2.35. The summed E-state index contributed by atoms with van der Waals surface area (Å²) >= 11 is 15.5. The zero-order valence-electron chi connectivity index (χ0n) is 18.4. The van der Waals surface area contributed by atoms with Crippen molar-refractivity contribution in [3.63, 3.8) is 0 Å². The molecule has 0 heterocycles. The molecule has 0 spiro atoms. The summed E-state index contributed by atoms with van der Waals surface area (Å²) in [4.78, 5) is 12.7. The third-order valence-electron chi connectivity index (χ3n) is 4.97. The molecule has 1 atom stereocenters. The van der Waals surface area contributed by atoms with E-state index >= 15 is 0 Å². The number of methoxy groups -OCH3 is 1. The molecule has 3 rings (SSSR count). The molecule has 0 bridgehead atoms. The number of nitrogens with zero attached hydrogens (tertiary/aromatic N) is 1. The Kier molecular flexibility index (Phi) is 9.00. The van der Waals surface area contributed by atoms with Gasteiger partial charge in [-0.25, -0.2) is 0 Å². The number of nitrogens with one attached hydrogen (secondary N) is 1. The van der Waals surface area contributed by atoms with Crippen LogP contribution in [0.2, 0.25) is 10.0 Å². The van der Waals surface area contributed by atoms with Gasteiger partial charge >= 0.3 is 0 Å². The molecule has 34 heavy (non-hydrogen) atoms. The molecule has 0 radical (unpaired) electrons. The van der Waals surface area contributed by atoms with Crippen molar-refractivity contribution < 1.29 is 14.3 Å². The standard InChI is InChI=1S/C26H21BrCl2N2O3/c1-16(18-6-4-3-5-7-18)31-26(32)20(14-30)11-19-12-24(33-2)25(13-21(19)27)34-15-17-8-9-22(28)23(29)10-17/h3-13,16H,15H2,1-2H3,(H,31,32)/b20-11-/t16-/m0/s1. The van der Waals surface area contributed by atoms with Crippen molar-refractivity contribution in [1.29, 1.82) is 5.26 Å². The predicted octanol–water partition coefficient (Wildman–Crippen LogP) is 7.13. The number of hydrogen-bond acceptors (Lipinski definition) is 4. The van der Waals surface area contributed by atoms with E-state index in [0.29, 0.717) is 31.6 Å². The minimum atomic E-state index is -0.468. The van der Waals surface area contributed by atoms with Gasteiger partial charge in [-0.15, -0.1) is 0 Å². The lowest BCUT2D eigenvalue weighted by molar-refractivity contribution is -0.117. The summed E-state index contributed by atoms with van der Waals surface area (Å²) < 4.78 is 12.0. The second kappa shape index (κ2) is 11.9. The fourth-order valence-corrected chi connectivity index (χ4v) is 3.89. The number of carbonyl (C=O) groups is 1. The smallest absolute Gasteiger partial charge is 0.262 e. The van der Waals surface area contributed by atoms with E-state index in [0.717, 1.165) is 11.1 Å². The zero-order valence-corrected chi connectivity index (χ0v) is 21.5. The minimum absolute atomic E-state index is 0.0324. The molecule has 0 aromatic heterocycles. The van der Waals surface area contributed by atoms with Crippen LogP contribution >= 0.6 is 39.1 Å². The Bertz CT molecular complexity index is 1260. The van der Waals surface area contributed by atoms with Crippen molar-refractivity contribution in [2.45, 2.75) is 19.6 Å². The molecular formula is C26H21BrCl2N2O3. The van der Waals surface area contributed by atoms with Gasteiger partial charge in [0.1, 0.15) is 18.2 Å². The highest BCUT2D eigenvalue weighted by Gasteiger charge is 2.16. The van der Waals surface area contributed by atoms with E-state index < -0.39 is 5.91 Å². The fourth-order valence-electron chi connectivity index (χ4n) is 3.13. The first-order valence-corrected chi connectivity index (χ1v) is 11.8. The van der Waals surface area contributed by atoms with Crippen LogP contribution in [-0.2, 0) is 11.4 Å². The van der Waals surface area contributed by atoms with E-state index in [9.17, 15) is 10.1 Å². The van der Waals surface area contributed by atoms with Gasteiger partial charge < -0.3 is 14.8 Å².